The predicted octanol–water partition coefficient (Wildman–Crippen LogP) is 1.60. The number of likely N-dealkylation sites (N-methyl/N-ethyl adjacent to an activating group) is 1. The molecule has 0 saturated heterocycles. The van der Waals surface area contributed by atoms with Gasteiger partial charge in [-0.2, -0.15) is 5.26 Å². The molecule has 1 aromatic heterocycles. The molecule has 7 heteroatoms. The van der Waals surface area contributed by atoms with Gasteiger partial charge in [0.05, 0.1) is 17.1 Å². The highest BCUT2D eigenvalue weighted by atomic mass is 16.6. The highest BCUT2D eigenvalue weighted by Gasteiger charge is 2.32. The number of anilines is 1. The molecule has 0 bridgehead atoms. The molecular weight excluding hydrogens is 260 g/mol. The summed E-state index contributed by atoms with van der Waals surface area (Å²) in [6, 6.07) is 2.94. The van der Waals surface area contributed by atoms with Gasteiger partial charge in [-0.05, 0) is 18.9 Å². The molecule has 0 amide bonds. The second-order valence-corrected chi connectivity index (χ2v) is 4.93. The molecule has 1 aromatic rings. The van der Waals surface area contributed by atoms with Crippen LogP contribution in [0.1, 0.15) is 31.2 Å². The minimum atomic E-state index is -0.591. The molecule has 1 aliphatic carbocycles. The van der Waals surface area contributed by atoms with E-state index in [0.29, 0.717) is 6.42 Å². The maximum absolute atomic E-state index is 11.2. The fourth-order valence-corrected chi connectivity index (χ4v) is 2.67. The van der Waals surface area contributed by atoms with E-state index in [9.17, 15) is 15.2 Å². The first-order chi connectivity index (χ1) is 9.56. The van der Waals surface area contributed by atoms with Crippen molar-refractivity contribution in [3.8, 4) is 6.07 Å². The summed E-state index contributed by atoms with van der Waals surface area (Å²) in [5.41, 5.74) is -0.313. The van der Waals surface area contributed by atoms with Crippen LogP contribution < -0.4 is 4.90 Å². The summed E-state index contributed by atoms with van der Waals surface area (Å²) >= 11 is 0. The van der Waals surface area contributed by atoms with E-state index in [4.69, 9.17) is 5.26 Å². The van der Waals surface area contributed by atoms with E-state index < -0.39 is 11.0 Å². The van der Waals surface area contributed by atoms with Gasteiger partial charge in [-0.25, -0.2) is 4.98 Å². The van der Waals surface area contributed by atoms with Crippen molar-refractivity contribution in [2.24, 2.45) is 0 Å². The van der Waals surface area contributed by atoms with Crippen LogP contribution in [-0.2, 0) is 0 Å². The zero-order valence-corrected chi connectivity index (χ0v) is 11.2. The second kappa shape index (κ2) is 5.84. The molecule has 1 aliphatic rings. The molecule has 0 aliphatic heterocycles. The number of rotatable bonds is 3. The summed E-state index contributed by atoms with van der Waals surface area (Å²) < 4.78 is 0. The van der Waals surface area contributed by atoms with Crippen molar-refractivity contribution in [2.75, 3.05) is 11.9 Å². The average Bonchev–Trinajstić information content (AvgIpc) is 2.46. The highest BCUT2D eigenvalue weighted by Crippen LogP contribution is 2.32. The largest absolute Gasteiger partial charge is 0.391 e. The topological polar surface area (TPSA) is 103 Å². The Morgan fingerprint density at radius 3 is 2.85 bits per heavy atom. The zero-order valence-electron chi connectivity index (χ0n) is 11.2. The van der Waals surface area contributed by atoms with E-state index in [2.05, 4.69) is 4.98 Å². The summed E-state index contributed by atoms with van der Waals surface area (Å²) in [5.74, 6) is 0.139. The maximum Gasteiger partial charge on any atom is 0.329 e. The van der Waals surface area contributed by atoms with Crippen molar-refractivity contribution in [2.45, 2.75) is 37.8 Å². The molecule has 20 heavy (non-hydrogen) atoms. The summed E-state index contributed by atoms with van der Waals surface area (Å²) in [7, 11) is 1.68. The van der Waals surface area contributed by atoms with Crippen LogP contribution in [0.2, 0.25) is 0 Å². The molecule has 2 unspecified atom stereocenters. The average molecular weight is 276 g/mol. The van der Waals surface area contributed by atoms with Crippen LogP contribution in [0.3, 0.4) is 0 Å². The van der Waals surface area contributed by atoms with Gasteiger partial charge in [0.15, 0.2) is 0 Å². The molecule has 0 aromatic carbocycles. The van der Waals surface area contributed by atoms with Crippen LogP contribution in [0.4, 0.5) is 11.5 Å². The van der Waals surface area contributed by atoms with Gasteiger partial charge in [0.1, 0.15) is 11.6 Å². The molecular formula is C13H16N4O3. The van der Waals surface area contributed by atoms with Gasteiger partial charge in [0, 0.05) is 13.2 Å². The molecule has 1 heterocycles. The number of aliphatic hydroxyl groups is 1. The number of nitro groups is 1. The second-order valence-electron chi connectivity index (χ2n) is 4.93. The number of nitriles is 1. The lowest BCUT2D eigenvalue weighted by atomic mass is 9.91. The number of hydrogen-bond acceptors (Lipinski definition) is 6. The first-order valence-corrected chi connectivity index (χ1v) is 6.50. The van der Waals surface area contributed by atoms with E-state index in [-0.39, 0.29) is 23.1 Å². The van der Waals surface area contributed by atoms with Gasteiger partial charge in [-0.3, -0.25) is 10.1 Å². The first kappa shape index (κ1) is 14.2. The summed E-state index contributed by atoms with van der Waals surface area (Å²) in [6.07, 6.45) is 4.22. The van der Waals surface area contributed by atoms with E-state index >= 15 is 0 Å². The van der Waals surface area contributed by atoms with Gasteiger partial charge in [0.25, 0.3) is 0 Å². The van der Waals surface area contributed by atoms with Crippen LogP contribution in [0.25, 0.3) is 0 Å². The zero-order chi connectivity index (χ0) is 14.7. The van der Waals surface area contributed by atoms with Crippen molar-refractivity contribution >= 4 is 11.5 Å². The van der Waals surface area contributed by atoms with Crippen molar-refractivity contribution in [3.63, 3.8) is 0 Å². The van der Waals surface area contributed by atoms with Gasteiger partial charge in [-0.15, -0.1) is 0 Å². The van der Waals surface area contributed by atoms with Crippen molar-refractivity contribution in [1.82, 2.24) is 4.98 Å². The summed E-state index contributed by atoms with van der Waals surface area (Å²) in [6.45, 7) is 0. The monoisotopic (exact) mass is 276 g/mol. The van der Waals surface area contributed by atoms with Crippen LogP contribution >= 0.6 is 0 Å². The Hall–Kier alpha value is -2.20. The standard InChI is InChI=1S/C13H16N4O3/c1-16(10-4-2-3-5-11(10)18)13-12(17(19)20)9(8-14)6-7-15-13/h6-7,10-11,18H,2-5H2,1H3. The Balaban J connectivity index is 2.41. The maximum atomic E-state index is 11.2. The Kier molecular flexibility index (Phi) is 4.15. The van der Waals surface area contributed by atoms with Gasteiger partial charge in [-0.1, -0.05) is 12.8 Å². The molecule has 1 fully saturated rings. The van der Waals surface area contributed by atoms with E-state index in [0.717, 1.165) is 19.3 Å². The van der Waals surface area contributed by atoms with Gasteiger partial charge in [0.2, 0.25) is 5.82 Å². The number of aromatic nitrogens is 1. The Morgan fingerprint density at radius 2 is 2.25 bits per heavy atom. The van der Waals surface area contributed by atoms with E-state index in [1.807, 2.05) is 6.07 Å². The third-order valence-corrected chi connectivity index (χ3v) is 3.73. The molecule has 106 valence electrons. The number of nitrogens with zero attached hydrogens (tertiary/aromatic N) is 4. The van der Waals surface area contributed by atoms with Crippen molar-refractivity contribution < 1.29 is 10.0 Å². The third-order valence-electron chi connectivity index (χ3n) is 3.73. The van der Waals surface area contributed by atoms with E-state index in [1.165, 1.54) is 12.3 Å². The van der Waals surface area contributed by atoms with Crippen molar-refractivity contribution in [1.29, 1.82) is 5.26 Å². The first-order valence-electron chi connectivity index (χ1n) is 6.50. The molecule has 2 atom stereocenters. The molecule has 1 N–H and O–H groups in total. The lowest BCUT2D eigenvalue weighted by Gasteiger charge is -2.35. The lowest BCUT2D eigenvalue weighted by molar-refractivity contribution is -0.384. The quantitative estimate of drug-likeness (QED) is 0.664. The Morgan fingerprint density at radius 1 is 1.55 bits per heavy atom. The van der Waals surface area contributed by atoms with Crippen LogP contribution in [0.15, 0.2) is 12.3 Å². The predicted molar refractivity (Wildman–Crippen MR) is 72.3 cm³/mol. The lowest BCUT2D eigenvalue weighted by Crippen LogP contribution is -2.44. The molecule has 2 rings (SSSR count). The minimum Gasteiger partial charge on any atom is -0.391 e. The smallest absolute Gasteiger partial charge is 0.329 e. The Bertz CT molecular complexity index is 555. The Labute approximate surface area is 116 Å². The van der Waals surface area contributed by atoms with Gasteiger partial charge >= 0.3 is 5.69 Å². The van der Waals surface area contributed by atoms with Crippen molar-refractivity contribution in [3.05, 3.63) is 27.9 Å². The summed E-state index contributed by atoms with van der Waals surface area (Å²) in [5, 5.41) is 30.2. The molecule has 7 nitrogen and oxygen atoms in total. The van der Waals surface area contributed by atoms with E-state index in [1.54, 1.807) is 11.9 Å². The number of aliphatic hydroxyl groups excluding tert-OH is 1. The fraction of sp³-hybridized carbons (Fsp3) is 0.538. The fourth-order valence-electron chi connectivity index (χ4n) is 2.67. The summed E-state index contributed by atoms with van der Waals surface area (Å²) in [4.78, 5) is 16.3. The molecule has 1 saturated carbocycles. The van der Waals surface area contributed by atoms with Crippen LogP contribution in [0, 0.1) is 21.4 Å². The SMILES string of the molecule is CN(c1nccc(C#N)c1[N+](=O)[O-])C1CCCCC1O. The number of pyridine rings is 1. The molecule has 0 spiro atoms. The van der Waals surface area contributed by atoms with Crippen LogP contribution in [-0.4, -0.2) is 34.2 Å². The minimum absolute atomic E-state index is 0.0165. The van der Waals surface area contributed by atoms with Gasteiger partial charge < -0.3 is 10.0 Å². The highest BCUT2D eigenvalue weighted by molar-refractivity contribution is 5.65. The molecule has 0 radical (unpaired) electrons. The number of hydrogen-bond donors (Lipinski definition) is 1. The third kappa shape index (κ3) is 2.56. The van der Waals surface area contributed by atoms with Crippen LogP contribution in [0.5, 0.6) is 0 Å². The normalized spacial score (nSPS) is 22.1.